The summed E-state index contributed by atoms with van der Waals surface area (Å²) >= 11 is 0. The Morgan fingerprint density at radius 3 is 2.95 bits per heavy atom. The number of aromatic nitrogens is 1. The number of rotatable bonds is 3. The molecule has 1 heterocycles. The van der Waals surface area contributed by atoms with Crippen LogP contribution < -0.4 is 11.1 Å². The number of fused-ring (bicyclic) bond motifs is 1. The molecule has 1 saturated carbocycles. The largest absolute Gasteiger partial charge is 0.396 e. The first-order valence-electron chi connectivity index (χ1n) is 6.79. The number of nitrogens with zero attached hydrogens (tertiary/aromatic N) is 1. The molecule has 0 bridgehead atoms. The van der Waals surface area contributed by atoms with Gasteiger partial charge in [0.25, 0.3) is 0 Å². The van der Waals surface area contributed by atoms with Crippen LogP contribution in [-0.2, 0) is 0 Å². The van der Waals surface area contributed by atoms with Crippen LogP contribution in [0.15, 0.2) is 30.5 Å². The second-order valence-electron chi connectivity index (χ2n) is 5.32. The van der Waals surface area contributed by atoms with Crippen molar-refractivity contribution in [3.8, 4) is 0 Å². The van der Waals surface area contributed by atoms with Gasteiger partial charge in [0.15, 0.2) is 0 Å². The van der Waals surface area contributed by atoms with Gasteiger partial charge in [0.1, 0.15) is 0 Å². The quantitative estimate of drug-likeness (QED) is 0.789. The molecule has 1 fully saturated rings. The fourth-order valence-electron chi connectivity index (χ4n) is 2.83. The first-order valence-corrected chi connectivity index (χ1v) is 6.79. The van der Waals surface area contributed by atoms with E-state index >= 15 is 0 Å². The summed E-state index contributed by atoms with van der Waals surface area (Å²) in [7, 11) is 0. The smallest absolute Gasteiger partial charge is 0.0743 e. The van der Waals surface area contributed by atoms with E-state index in [1.807, 2.05) is 24.3 Å². The van der Waals surface area contributed by atoms with Gasteiger partial charge in [-0.15, -0.1) is 0 Å². The van der Waals surface area contributed by atoms with Crippen LogP contribution >= 0.6 is 0 Å². The van der Waals surface area contributed by atoms with E-state index in [0.717, 1.165) is 42.4 Å². The maximum Gasteiger partial charge on any atom is 0.0743 e. The third kappa shape index (κ3) is 2.49. The highest BCUT2D eigenvalue weighted by Gasteiger charge is 2.22. The van der Waals surface area contributed by atoms with Gasteiger partial charge in [-0.1, -0.05) is 18.2 Å². The van der Waals surface area contributed by atoms with Crippen LogP contribution in [0.25, 0.3) is 10.9 Å². The number of nitrogens with one attached hydrogen (secondary N) is 1. The highest BCUT2D eigenvalue weighted by Crippen LogP contribution is 2.30. The standard InChI is InChI=1S/C15H19N3O/c16-13-9-17-14-4-2-1-3-12(14)15(13)18-8-10-5-6-11(19)7-10/h1-4,9-11,19H,5-8,16H2,(H,17,18). The first-order chi connectivity index (χ1) is 9.24. The highest BCUT2D eigenvalue weighted by atomic mass is 16.3. The molecule has 1 aliphatic rings. The molecule has 4 nitrogen and oxygen atoms in total. The molecule has 1 aliphatic carbocycles. The third-order valence-electron chi connectivity index (χ3n) is 3.89. The Morgan fingerprint density at radius 1 is 1.32 bits per heavy atom. The van der Waals surface area contributed by atoms with E-state index in [0.29, 0.717) is 11.6 Å². The Balaban J connectivity index is 1.82. The van der Waals surface area contributed by atoms with E-state index in [9.17, 15) is 5.11 Å². The van der Waals surface area contributed by atoms with E-state index in [4.69, 9.17) is 5.73 Å². The molecule has 1 aromatic carbocycles. The lowest BCUT2D eigenvalue weighted by Gasteiger charge is -2.15. The molecule has 0 amide bonds. The molecule has 3 rings (SSSR count). The normalized spacial score (nSPS) is 22.8. The molecule has 2 atom stereocenters. The second-order valence-corrected chi connectivity index (χ2v) is 5.32. The van der Waals surface area contributed by atoms with Gasteiger partial charge in [0.2, 0.25) is 0 Å². The molecule has 2 aromatic rings. The predicted molar refractivity (Wildman–Crippen MR) is 78.0 cm³/mol. The third-order valence-corrected chi connectivity index (χ3v) is 3.89. The fraction of sp³-hybridized carbons (Fsp3) is 0.400. The Hall–Kier alpha value is -1.81. The SMILES string of the molecule is Nc1cnc2ccccc2c1NCC1CCC(O)C1. The summed E-state index contributed by atoms with van der Waals surface area (Å²) in [5.41, 5.74) is 8.62. The first kappa shape index (κ1) is 12.2. The van der Waals surface area contributed by atoms with Crippen molar-refractivity contribution < 1.29 is 5.11 Å². The summed E-state index contributed by atoms with van der Waals surface area (Å²) in [5, 5.41) is 14.1. The van der Waals surface area contributed by atoms with Crippen LogP contribution in [0.5, 0.6) is 0 Å². The van der Waals surface area contributed by atoms with Crippen molar-refractivity contribution in [2.24, 2.45) is 5.92 Å². The van der Waals surface area contributed by atoms with Crippen molar-refractivity contribution >= 4 is 22.3 Å². The van der Waals surface area contributed by atoms with Crippen LogP contribution in [0, 0.1) is 5.92 Å². The lowest BCUT2D eigenvalue weighted by molar-refractivity contribution is 0.178. The van der Waals surface area contributed by atoms with E-state index in [1.165, 1.54) is 0 Å². The number of pyridine rings is 1. The summed E-state index contributed by atoms with van der Waals surface area (Å²) in [6.45, 7) is 0.856. The summed E-state index contributed by atoms with van der Waals surface area (Å²) in [5.74, 6) is 0.529. The van der Waals surface area contributed by atoms with Gasteiger partial charge >= 0.3 is 0 Å². The van der Waals surface area contributed by atoms with Crippen molar-refractivity contribution in [2.45, 2.75) is 25.4 Å². The van der Waals surface area contributed by atoms with E-state index in [-0.39, 0.29) is 6.10 Å². The summed E-state index contributed by atoms with van der Waals surface area (Å²) in [6, 6.07) is 7.99. The van der Waals surface area contributed by atoms with Crippen molar-refractivity contribution in [1.82, 2.24) is 4.98 Å². The molecule has 100 valence electrons. The number of hydrogen-bond acceptors (Lipinski definition) is 4. The number of anilines is 2. The molecule has 0 aliphatic heterocycles. The number of aliphatic hydroxyl groups is 1. The molecule has 2 unspecified atom stereocenters. The molecule has 0 radical (unpaired) electrons. The lowest BCUT2D eigenvalue weighted by atomic mass is 10.1. The second kappa shape index (κ2) is 5.05. The maximum absolute atomic E-state index is 9.56. The van der Waals surface area contributed by atoms with Crippen LogP contribution in [0.4, 0.5) is 11.4 Å². The van der Waals surface area contributed by atoms with E-state index in [2.05, 4.69) is 10.3 Å². The van der Waals surface area contributed by atoms with Crippen molar-refractivity contribution in [1.29, 1.82) is 0 Å². The van der Waals surface area contributed by atoms with Crippen LogP contribution in [0.3, 0.4) is 0 Å². The molecule has 4 heteroatoms. The number of nitrogens with two attached hydrogens (primary N) is 1. The minimum absolute atomic E-state index is 0.127. The topological polar surface area (TPSA) is 71.2 Å². The lowest BCUT2D eigenvalue weighted by Crippen LogP contribution is -2.14. The zero-order valence-electron chi connectivity index (χ0n) is 10.8. The number of benzene rings is 1. The minimum Gasteiger partial charge on any atom is -0.396 e. The Morgan fingerprint density at radius 2 is 2.16 bits per heavy atom. The average molecular weight is 257 g/mol. The number of aliphatic hydroxyl groups excluding tert-OH is 1. The molecule has 0 saturated heterocycles. The molecule has 19 heavy (non-hydrogen) atoms. The minimum atomic E-state index is -0.127. The molecular weight excluding hydrogens is 238 g/mol. The van der Waals surface area contributed by atoms with E-state index < -0.39 is 0 Å². The average Bonchev–Trinajstić information content (AvgIpc) is 2.83. The summed E-state index contributed by atoms with van der Waals surface area (Å²) < 4.78 is 0. The molecular formula is C15H19N3O. The monoisotopic (exact) mass is 257 g/mol. The molecule has 0 spiro atoms. The Kier molecular flexibility index (Phi) is 3.25. The van der Waals surface area contributed by atoms with Gasteiger partial charge in [0.05, 0.1) is 29.2 Å². The van der Waals surface area contributed by atoms with Crippen molar-refractivity contribution in [3.05, 3.63) is 30.5 Å². The zero-order chi connectivity index (χ0) is 13.2. The van der Waals surface area contributed by atoms with Gasteiger partial charge < -0.3 is 16.2 Å². The predicted octanol–water partition coefficient (Wildman–Crippen LogP) is 2.39. The molecule has 1 aromatic heterocycles. The van der Waals surface area contributed by atoms with Crippen LogP contribution in [0.2, 0.25) is 0 Å². The van der Waals surface area contributed by atoms with Gasteiger partial charge in [0, 0.05) is 11.9 Å². The maximum atomic E-state index is 9.56. The van der Waals surface area contributed by atoms with Gasteiger partial charge in [-0.2, -0.15) is 0 Å². The van der Waals surface area contributed by atoms with Crippen LogP contribution in [-0.4, -0.2) is 22.7 Å². The summed E-state index contributed by atoms with van der Waals surface area (Å²) in [6.07, 6.45) is 4.46. The van der Waals surface area contributed by atoms with Gasteiger partial charge in [-0.3, -0.25) is 4.98 Å². The number of hydrogen-bond donors (Lipinski definition) is 3. The van der Waals surface area contributed by atoms with Gasteiger partial charge in [-0.05, 0) is 31.2 Å². The van der Waals surface area contributed by atoms with Crippen LogP contribution in [0.1, 0.15) is 19.3 Å². The number of para-hydroxylation sites is 1. The fourth-order valence-corrected chi connectivity index (χ4v) is 2.83. The zero-order valence-corrected chi connectivity index (χ0v) is 10.8. The van der Waals surface area contributed by atoms with Crippen molar-refractivity contribution in [3.63, 3.8) is 0 Å². The summed E-state index contributed by atoms with van der Waals surface area (Å²) in [4.78, 5) is 4.33. The van der Waals surface area contributed by atoms with Gasteiger partial charge in [-0.25, -0.2) is 0 Å². The number of nitrogen functional groups attached to an aromatic ring is 1. The van der Waals surface area contributed by atoms with E-state index in [1.54, 1.807) is 6.20 Å². The highest BCUT2D eigenvalue weighted by molar-refractivity contribution is 5.96. The van der Waals surface area contributed by atoms with Crippen molar-refractivity contribution in [2.75, 3.05) is 17.6 Å². The molecule has 4 N–H and O–H groups in total. The Bertz CT molecular complexity index is 585. The Labute approximate surface area is 112 Å².